The highest BCUT2D eigenvalue weighted by Crippen LogP contribution is 2.25. The molecule has 1 aromatic rings. The van der Waals surface area contributed by atoms with E-state index in [0.29, 0.717) is 5.25 Å². The van der Waals surface area contributed by atoms with Crippen LogP contribution in [-0.2, 0) is 4.74 Å². The minimum Gasteiger partial charge on any atom is -0.379 e. The second kappa shape index (κ2) is 12.4. The fraction of sp³-hybridized carbons (Fsp3) is 0.632. The topological polar surface area (TPSA) is 48.9 Å². The van der Waals surface area contributed by atoms with Crippen LogP contribution < -0.4 is 10.6 Å². The third-order valence-corrected chi connectivity index (χ3v) is 6.56. The van der Waals surface area contributed by atoms with Gasteiger partial charge < -0.3 is 15.4 Å². The Hall–Kier alpha value is -0.220. The lowest BCUT2D eigenvalue weighted by atomic mass is 10.0. The Morgan fingerprint density at radius 1 is 1.37 bits per heavy atom. The van der Waals surface area contributed by atoms with Gasteiger partial charge in [-0.25, -0.2) is 0 Å². The van der Waals surface area contributed by atoms with Crippen LogP contribution in [0.25, 0.3) is 0 Å². The minimum atomic E-state index is 0. The number of thioether (sulfide) groups is 1. The van der Waals surface area contributed by atoms with Gasteiger partial charge in [0.1, 0.15) is 0 Å². The molecule has 2 unspecified atom stereocenters. The largest absolute Gasteiger partial charge is 0.379 e. The number of halogens is 2. The maximum absolute atomic E-state index is 6.24. The third kappa shape index (κ3) is 7.27. The first-order chi connectivity index (χ1) is 12.8. The van der Waals surface area contributed by atoms with E-state index >= 15 is 0 Å². The molecule has 0 amide bonds. The van der Waals surface area contributed by atoms with Gasteiger partial charge in [0.25, 0.3) is 0 Å². The van der Waals surface area contributed by atoms with Gasteiger partial charge in [-0.2, -0.15) is 11.8 Å². The summed E-state index contributed by atoms with van der Waals surface area (Å²) in [6.07, 6.45) is 2.63. The Labute approximate surface area is 189 Å². The first kappa shape index (κ1) is 23.1. The Kier molecular flexibility index (Phi) is 10.6. The van der Waals surface area contributed by atoms with Crippen LogP contribution in [0.5, 0.6) is 0 Å². The number of hydrogen-bond donors (Lipinski definition) is 2. The predicted molar refractivity (Wildman–Crippen MR) is 127 cm³/mol. The van der Waals surface area contributed by atoms with Crippen molar-refractivity contribution >= 4 is 53.3 Å². The lowest BCUT2D eigenvalue weighted by molar-refractivity contribution is 0.0170. The first-order valence-corrected chi connectivity index (χ1v) is 10.8. The molecular formula is C19H30ClIN4OS. The molecule has 0 aliphatic carbocycles. The lowest BCUT2D eigenvalue weighted by Crippen LogP contribution is -2.47. The zero-order valence-corrected chi connectivity index (χ0v) is 19.7. The molecule has 3 rings (SSSR count). The van der Waals surface area contributed by atoms with Crippen molar-refractivity contribution in [1.29, 1.82) is 0 Å². The van der Waals surface area contributed by atoms with E-state index in [1.807, 2.05) is 19.2 Å². The molecule has 2 heterocycles. The molecule has 2 aliphatic rings. The lowest BCUT2D eigenvalue weighted by Gasteiger charge is -2.35. The van der Waals surface area contributed by atoms with Gasteiger partial charge in [0.15, 0.2) is 5.96 Å². The Balaban J connectivity index is 0.00000261. The molecule has 8 heteroatoms. The molecule has 27 heavy (non-hydrogen) atoms. The van der Waals surface area contributed by atoms with Gasteiger partial charge in [0.05, 0.1) is 19.3 Å². The summed E-state index contributed by atoms with van der Waals surface area (Å²) in [6, 6.07) is 8.41. The second-order valence-electron chi connectivity index (χ2n) is 6.69. The second-order valence-corrected chi connectivity index (χ2v) is 8.53. The fourth-order valence-corrected chi connectivity index (χ4v) is 4.89. The average molecular weight is 525 g/mol. The molecule has 0 saturated carbocycles. The van der Waals surface area contributed by atoms with Crippen molar-refractivity contribution in [3.05, 3.63) is 34.9 Å². The molecule has 152 valence electrons. The van der Waals surface area contributed by atoms with Gasteiger partial charge >= 0.3 is 0 Å². The third-order valence-electron chi connectivity index (χ3n) is 4.93. The van der Waals surface area contributed by atoms with Crippen molar-refractivity contribution < 1.29 is 4.74 Å². The van der Waals surface area contributed by atoms with Crippen LogP contribution in [-0.4, -0.2) is 68.3 Å². The van der Waals surface area contributed by atoms with E-state index in [2.05, 4.69) is 44.4 Å². The van der Waals surface area contributed by atoms with E-state index in [1.165, 1.54) is 24.2 Å². The highest BCUT2D eigenvalue weighted by atomic mass is 127. The number of ether oxygens (including phenoxy) is 1. The molecule has 5 nitrogen and oxygen atoms in total. The summed E-state index contributed by atoms with van der Waals surface area (Å²) in [6.45, 7) is 5.20. The van der Waals surface area contributed by atoms with E-state index in [0.717, 1.165) is 50.4 Å². The number of nitrogens with zero attached hydrogens (tertiary/aromatic N) is 2. The van der Waals surface area contributed by atoms with Crippen molar-refractivity contribution in [3.8, 4) is 0 Å². The summed E-state index contributed by atoms with van der Waals surface area (Å²) < 4.78 is 5.53. The van der Waals surface area contributed by atoms with Crippen molar-refractivity contribution in [3.63, 3.8) is 0 Å². The molecule has 2 N–H and O–H groups in total. The molecule has 0 spiro atoms. The van der Waals surface area contributed by atoms with E-state index in [9.17, 15) is 0 Å². The van der Waals surface area contributed by atoms with Gasteiger partial charge in [-0.3, -0.25) is 9.89 Å². The van der Waals surface area contributed by atoms with Crippen molar-refractivity contribution in [2.75, 3.05) is 52.2 Å². The van der Waals surface area contributed by atoms with Gasteiger partial charge in [0, 0.05) is 43.5 Å². The highest BCUT2D eigenvalue weighted by molar-refractivity contribution is 14.0. The monoisotopic (exact) mass is 524 g/mol. The number of rotatable bonds is 6. The van der Waals surface area contributed by atoms with Crippen LogP contribution >= 0.6 is 47.3 Å². The highest BCUT2D eigenvalue weighted by Gasteiger charge is 2.23. The van der Waals surface area contributed by atoms with Crippen LogP contribution in [0.2, 0.25) is 5.02 Å². The van der Waals surface area contributed by atoms with Crippen LogP contribution in [0, 0.1) is 0 Å². The quantitative estimate of drug-likeness (QED) is 0.339. The van der Waals surface area contributed by atoms with Crippen molar-refractivity contribution in [1.82, 2.24) is 15.5 Å². The Bertz CT molecular complexity index is 595. The Morgan fingerprint density at radius 2 is 2.19 bits per heavy atom. The van der Waals surface area contributed by atoms with Gasteiger partial charge in [-0.1, -0.05) is 23.7 Å². The molecule has 2 aliphatic heterocycles. The summed E-state index contributed by atoms with van der Waals surface area (Å²) in [5.41, 5.74) is 1.23. The number of guanidine groups is 1. The molecule has 1 aromatic carbocycles. The summed E-state index contributed by atoms with van der Waals surface area (Å²) in [4.78, 5) is 6.85. The molecule has 0 aromatic heterocycles. The first-order valence-electron chi connectivity index (χ1n) is 9.39. The zero-order chi connectivity index (χ0) is 18.2. The fourth-order valence-electron chi connectivity index (χ4n) is 3.49. The van der Waals surface area contributed by atoms with Crippen LogP contribution in [0.3, 0.4) is 0 Å². The normalized spacial score (nSPS) is 22.1. The SMILES string of the molecule is CN=C(NCC1CCCS1)NCC(c1cccc(Cl)c1)N1CCOCC1.I. The van der Waals surface area contributed by atoms with E-state index in [4.69, 9.17) is 16.3 Å². The predicted octanol–water partition coefficient (Wildman–Crippen LogP) is 3.39. The standard InChI is InChI=1S/C19H29ClN4OS.HI/c1-21-19(22-13-17-6-3-11-26-17)23-14-18(24-7-9-25-10-8-24)15-4-2-5-16(20)12-15;/h2,4-5,12,17-18H,3,6-11,13-14H2,1H3,(H2,21,22,23);1H. The summed E-state index contributed by atoms with van der Waals surface area (Å²) in [7, 11) is 1.83. The molecule has 2 fully saturated rings. The average Bonchev–Trinajstić information content (AvgIpc) is 3.19. The smallest absolute Gasteiger partial charge is 0.191 e. The number of aliphatic imine (C=N–C) groups is 1. The number of nitrogens with one attached hydrogen (secondary N) is 2. The Morgan fingerprint density at radius 3 is 2.85 bits per heavy atom. The summed E-state index contributed by atoms with van der Waals surface area (Å²) in [5, 5.41) is 8.48. The van der Waals surface area contributed by atoms with Crippen LogP contribution in [0.1, 0.15) is 24.4 Å². The number of hydrogen-bond acceptors (Lipinski definition) is 4. The molecule has 2 saturated heterocycles. The summed E-state index contributed by atoms with van der Waals surface area (Å²) >= 11 is 8.30. The van der Waals surface area contributed by atoms with Crippen LogP contribution in [0.4, 0.5) is 0 Å². The zero-order valence-electron chi connectivity index (χ0n) is 15.8. The number of morpholine rings is 1. The van der Waals surface area contributed by atoms with Gasteiger partial charge in [-0.15, -0.1) is 24.0 Å². The molecule has 2 atom stereocenters. The van der Waals surface area contributed by atoms with Crippen molar-refractivity contribution in [2.24, 2.45) is 4.99 Å². The van der Waals surface area contributed by atoms with E-state index in [-0.39, 0.29) is 30.0 Å². The molecule has 0 bridgehead atoms. The maximum atomic E-state index is 6.24. The molecule has 0 radical (unpaired) electrons. The van der Waals surface area contributed by atoms with Crippen molar-refractivity contribution in [2.45, 2.75) is 24.1 Å². The van der Waals surface area contributed by atoms with E-state index < -0.39 is 0 Å². The minimum absolute atomic E-state index is 0. The molecular weight excluding hydrogens is 495 g/mol. The maximum Gasteiger partial charge on any atom is 0.191 e. The van der Waals surface area contributed by atoms with Gasteiger partial charge in [-0.05, 0) is 36.3 Å². The van der Waals surface area contributed by atoms with E-state index in [1.54, 1.807) is 0 Å². The number of benzene rings is 1. The van der Waals surface area contributed by atoms with Gasteiger partial charge in [0.2, 0.25) is 0 Å². The summed E-state index contributed by atoms with van der Waals surface area (Å²) in [5.74, 6) is 2.16. The van der Waals surface area contributed by atoms with Crippen LogP contribution in [0.15, 0.2) is 29.3 Å².